The third-order valence-electron chi connectivity index (χ3n) is 3.34. The molecule has 0 fully saturated rings. The van der Waals surface area contributed by atoms with Gasteiger partial charge in [-0.25, -0.2) is 4.68 Å². The normalized spacial score (nSPS) is 16.7. The van der Waals surface area contributed by atoms with E-state index in [0.717, 1.165) is 12.1 Å². The Morgan fingerprint density at radius 2 is 2.17 bits per heavy atom. The van der Waals surface area contributed by atoms with Crippen molar-refractivity contribution < 1.29 is 22.8 Å². The van der Waals surface area contributed by atoms with Crippen LogP contribution >= 0.6 is 11.6 Å². The van der Waals surface area contributed by atoms with Crippen molar-refractivity contribution in [3.05, 3.63) is 35.1 Å². The number of amides is 2. The lowest BCUT2D eigenvalue weighted by Gasteiger charge is -2.13. The Kier molecular flexibility index (Phi) is 3.91. The quantitative estimate of drug-likeness (QED) is 0.881. The molecule has 0 bridgehead atoms. The lowest BCUT2D eigenvalue weighted by atomic mass is 10.1. The maximum Gasteiger partial charge on any atom is 0.417 e. The number of hydrogen-bond donors (Lipinski definition) is 2. The number of rotatable bonds is 3. The first-order valence-corrected chi connectivity index (χ1v) is 7.00. The minimum absolute atomic E-state index is 0.0751. The van der Waals surface area contributed by atoms with Crippen LogP contribution in [-0.2, 0) is 15.8 Å². The molecule has 1 aromatic heterocycles. The Bertz CT molecular complexity index is 820. The molecular weight excluding hydrogens is 351 g/mol. The number of fused-ring (bicyclic) bond motifs is 1. The zero-order chi connectivity index (χ0) is 17.5. The van der Waals surface area contributed by atoms with Crippen molar-refractivity contribution >= 4 is 35.1 Å². The molecule has 0 unspecified atom stereocenters. The summed E-state index contributed by atoms with van der Waals surface area (Å²) in [6.07, 6.45) is -3.72. The van der Waals surface area contributed by atoms with Crippen molar-refractivity contribution in [2.24, 2.45) is 0 Å². The van der Waals surface area contributed by atoms with Crippen molar-refractivity contribution in [1.29, 1.82) is 0 Å². The lowest BCUT2D eigenvalue weighted by molar-refractivity contribution is -0.137. The molecule has 0 spiro atoms. The molecule has 2 aromatic rings. The Morgan fingerprint density at radius 1 is 1.42 bits per heavy atom. The van der Waals surface area contributed by atoms with Crippen LogP contribution < -0.4 is 10.6 Å². The van der Waals surface area contributed by atoms with Crippen LogP contribution in [0, 0.1) is 0 Å². The van der Waals surface area contributed by atoms with Gasteiger partial charge in [-0.3, -0.25) is 14.9 Å². The van der Waals surface area contributed by atoms with E-state index < -0.39 is 34.6 Å². The number of carbonyl (C=O) groups is 2. The van der Waals surface area contributed by atoms with Gasteiger partial charge in [-0.2, -0.15) is 23.3 Å². The summed E-state index contributed by atoms with van der Waals surface area (Å²) in [5, 5.41) is 8.10. The second kappa shape index (κ2) is 5.78. The van der Waals surface area contributed by atoms with E-state index in [1.807, 2.05) is 0 Å². The van der Waals surface area contributed by atoms with Gasteiger partial charge in [0.05, 0.1) is 17.0 Å². The smallest absolute Gasteiger partial charge is 0.326 e. The first-order valence-electron chi connectivity index (χ1n) is 6.62. The third kappa shape index (κ3) is 3.04. The molecule has 2 N–H and O–H groups in total. The molecule has 0 radical (unpaired) electrons. The minimum atomic E-state index is -4.64. The summed E-state index contributed by atoms with van der Waals surface area (Å²) >= 11 is 5.51. The van der Waals surface area contributed by atoms with E-state index in [1.165, 1.54) is 17.1 Å². The Hall–Kier alpha value is -2.62. The van der Waals surface area contributed by atoms with Crippen LogP contribution in [0.5, 0.6) is 0 Å². The molecule has 7 nitrogen and oxygen atoms in total. The van der Waals surface area contributed by atoms with E-state index in [9.17, 15) is 22.8 Å². The molecular formula is C13H9ClF3N5O2. The van der Waals surface area contributed by atoms with Gasteiger partial charge in [0.15, 0.2) is 0 Å². The molecule has 126 valence electrons. The highest BCUT2D eigenvalue weighted by Gasteiger charge is 2.35. The van der Waals surface area contributed by atoms with Gasteiger partial charge in [0.1, 0.15) is 12.4 Å². The fourth-order valence-corrected chi connectivity index (χ4v) is 2.48. The number of anilines is 2. The number of halogens is 4. The predicted molar refractivity (Wildman–Crippen MR) is 77.4 cm³/mol. The number of aromatic nitrogens is 3. The number of benzene rings is 1. The second-order valence-corrected chi connectivity index (χ2v) is 5.39. The molecule has 0 saturated carbocycles. The lowest BCUT2D eigenvalue weighted by Crippen LogP contribution is -2.23. The Labute approximate surface area is 137 Å². The van der Waals surface area contributed by atoms with Crippen molar-refractivity contribution in [3.8, 4) is 0 Å². The molecule has 11 heteroatoms. The Morgan fingerprint density at radius 3 is 2.88 bits per heavy atom. The minimum Gasteiger partial charge on any atom is -0.326 e. The maximum atomic E-state index is 12.8. The third-order valence-corrected chi connectivity index (χ3v) is 3.67. The average Bonchev–Trinajstić information content (AvgIpc) is 3.03. The van der Waals surface area contributed by atoms with E-state index in [0.29, 0.717) is 0 Å². The van der Waals surface area contributed by atoms with Crippen molar-refractivity contribution in [2.45, 2.75) is 18.6 Å². The summed E-state index contributed by atoms with van der Waals surface area (Å²) in [5.41, 5.74) is -1.13. The molecule has 2 heterocycles. The number of carbonyl (C=O) groups excluding carboxylic acids is 2. The second-order valence-electron chi connectivity index (χ2n) is 4.98. The van der Waals surface area contributed by atoms with Gasteiger partial charge in [0, 0.05) is 5.69 Å². The van der Waals surface area contributed by atoms with E-state index in [1.54, 1.807) is 0 Å². The van der Waals surface area contributed by atoms with Crippen LogP contribution in [-0.4, -0.2) is 26.6 Å². The summed E-state index contributed by atoms with van der Waals surface area (Å²) in [4.78, 5) is 27.6. The van der Waals surface area contributed by atoms with Gasteiger partial charge in [0.25, 0.3) is 5.91 Å². The molecule has 3 rings (SSSR count). The number of alkyl halides is 3. The molecule has 2 amide bonds. The maximum absolute atomic E-state index is 12.8. The number of nitrogens with zero attached hydrogens (tertiary/aromatic N) is 3. The zero-order valence-corrected chi connectivity index (χ0v) is 12.5. The monoisotopic (exact) mass is 359 g/mol. The molecule has 0 saturated heterocycles. The van der Waals surface area contributed by atoms with E-state index in [2.05, 4.69) is 20.7 Å². The first-order chi connectivity index (χ1) is 11.3. The van der Waals surface area contributed by atoms with Crippen molar-refractivity contribution in [2.75, 3.05) is 10.6 Å². The first kappa shape index (κ1) is 16.2. The van der Waals surface area contributed by atoms with Crippen LogP contribution in [0.25, 0.3) is 0 Å². The summed E-state index contributed by atoms with van der Waals surface area (Å²) in [7, 11) is 0. The van der Waals surface area contributed by atoms with Crippen LogP contribution in [0.1, 0.15) is 18.0 Å². The van der Waals surface area contributed by atoms with Gasteiger partial charge in [-0.15, -0.1) is 0 Å². The SMILES string of the molecule is O=C(C[C@@H]1C(=O)Nc2ncnn21)Nc1ccc(Cl)c(C(F)(F)F)c1. The topological polar surface area (TPSA) is 88.9 Å². The average molecular weight is 360 g/mol. The fourth-order valence-electron chi connectivity index (χ4n) is 2.26. The molecule has 1 aliphatic rings. The van der Waals surface area contributed by atoms with Gasteiger partial charge >= 0.3 is 6.18 Å². The van der Waals surface area contributed by atoms with Gasteiger partial charge in [-0.05, 0) is 18.2 Å². The van der Waals surface area contributed by atoms with E-state index >= 15 is 0 Å². The number of hydrogen-bond acceptors (Lipinski definition) is 4. The van der Waals surface area contributed by atoms with Crippen molar-refractivity contribution in [1.82, 2.24) is 14.8 Å². The molecule has 1 aliphatic heterocycles. The van der Waals surface area contributed by atoms with Crippen LogP contribution in [0.15, 0.2) is 24.5 Å². The molecule has 0 aliphatic carbocycles. The van der Waals surface area contributed by atoms with E-state index in [-0.39, 0.29) is 18.1 Å². The van der Waals surface area contributed by atoms with Crippen LogP contribution in [0.2, 0.25) is 5.02 Å². The summed E-state index contributed by atoms with van der Waals surface area (Å²) in [6.45, 7) is 0. The van der Waals surface area contributed by atoms with Crippen molar-refractivity contribution in [3.63, 3.8) is 0 Å². The highest BCUT2D eigenvalue weighted by Crippen LogP contribution is 2.36. The Balaban J connectivity index is 1.73. The summed E-state index contributed by atoms with van der Waals surface area (Å²) in [5.74, 6) is -0.898. The molecule has 1 atom stereocenters. The zero-order valence-electron chi connectivity index (χ0n) is 11.8. The predicted octanol–water partition coefficient (Wildman–Crippen LogP) is 2.47. The molecule has 1 aromatic carbocycles. The highest BCUT2D eigenvalue weighted by molar-refractivity contribution is 6.31. The van der Waals surface area contributed by atoms with Crippen LogP contribution in [0.4, 0.5) is 24.8 Å². The highest BCUT2D eigenvalue weighted by atomic mass is 35.5. The summed E-state index contributed by atoms with van der Waals surface area (Å²) in [6, 6.07) is 2.11. The van der Waals surface area contributed by atoms with Gasteiger partial charge in [-0.1, -0.05) is 11.6 Å². The fraction of sp³-hybridized carbons (Fsp3) is 0.231. The van der Waals surface area contributed by atoms with Gasteiger partial charge in [0.2, 0.25) is 11.9 Å². The molecule has 24 heavy (non-hydrogen) atoms. The number of nitrogens with one attached hydrogen (secondary N) is 2. The largest absolute Gasteiger partial charge is 0.417 e. The standard InChI is InChI=1S/C13H9ClF3N5O2/c14-8-2-1-6(3-7(8)13(15,16)17)20-10(23)4-9-11(24)21-12-18-5-19-22(9)12/h1-3,5,9H,4H2,(H,20,23)(H,18,19,21,24)/t9-/m1/s1. The van der Waals surface area contributed by atoms with Gasteiger partial charge < -0.3 is 5.32 Å². The van der Waals surface area contributed by atoms with Crippen LogP contribution in [0.3, 0.4) is 0 Å². The van der Waals surface area contributed by atoms with E-state index in [4.69, 9.17) is 11.6 Å². The summed E-state index contributed by atoms with van der Waals surface area (Å²) < 4.78 is 39.7.